The highest BCUT2D eigenvalue weighted by Gasteiger charge is 2.20. The van der Waals surface area contributed by atoms with Crippen molar-refractivity contribution in [1.29, 1.82) is 0 Å². The molecule has 0 radical (unpaired) electrons. The number of phosphoric acid groups is 1. The van der Waals surface area contributed by atoms with Gasteiger partial charge >= 0.3 is 5.97 Å². The number of carbonyl (C=O) groups excluding carboxylic acids is 1. The van der Waals surface area contributed by atoms with Crippen LogP contribution in [0.4, 0.5) is 0 Å². The number of phosphoric ester groups is 1. The zero-order chi connectivity index (χ0) is 43.4. The highest BCUT2D eigenvalue weighted by Crippen LogP contribution is 2.38. The molecule has 0 aromatic carbocycles. The van der Waals surface area contributed by atoms with Gasteiger partial charge in [-0.3, -0.25) is 9.36 Å². The minimum atomic E-state index is -4.54. The Morgan fingerprint density at radius 2 is 0.932 bits per heavy atom. The lowest BCUT2D eigenvalue weighted by Crippen LogP contribution is -2.37. The molecule has 0 heterocycles. The predicted octanol–water partition coefficient (Wildman–Crippen LogP) is 13.2. The summed E-state index contributed by atoms with van der Waals surface area (Å²) < 4.78 is 34.6. The fourth-order valence-electron chi connectivity index (χ4n) is 5.64. The van der Waals surface area contributed by atoms with Crippen molar-refractivity contribution in [2.45, 2.75) is 161 Å². The zero-order valence-corrected chi connectivity index (χ0v) is 39.1. The van der Waals surface area contributed by atoms with Crippen molar-refractivity contribution in [2.75, 3.05) is 54.1 Å². The lowest BCUT2D eigenvalue weighted by molar-refractivity contribution is -0.870. The van der Waals surface area contributed by atoms with Crippen molar-refractivity contribution in [1.82, 2.24) is 0 Å². The van der Waals surface area contributed by atoms with Gasteiger partial charge in [-0.25, -0.2) is 0 Å². The van der Waals surface area contributed by atoms with Gasteiger partial charge < -0.3 is 27.9 Å². The number of rotatable bonds is 41. The highest BCUT2D eigenvalue weighted by atomic mass is 31.2. The van der Waals surface area contributed by atoms with Gasteiger partial charge in [-0.2, -0.15) is 0 Å². The van der Waals surface area contributed by atoms with E-state index in [9.17, 15) is 14.3 Å². The van der Waals surface area contributed by atoms with Crippen LogP contribution in [0.25, 0.3) is 0 Å². The molecule has 0 aliphatic heterocycles. The van der Waals surface area contributed by atoms with Crippen LogP contribution < -0.4 is 4.89 Å². The second-order valence-corrected chi connectivity index (χ2v) is 17.4. The van der Waals surface area contributed by atoms with E-state index in [1.165, 1.54) is 32.1 Å². The number of carbonyl (C=O) groups is 1. The molecule has 0 aliphatic rings. The Balaban J connectivity index is 4.22. The quantitative estimate of drug-likeness (QED) is 0.0199. The van der Waals surface area contributed by atoms with Gasteiger partial charge in [0.2, 0.25) is 0 Å². The molecule has 8 nitrogen and oxygen atoms in total. The minimum absolute atomic E-state index is 0.0128. The van der Waals surface area contributed by atoms with Crippen LogP contribution >= 0.6 is 7.82 Å². The normalized spacial score (nSPS) is 14.6. The van der Waals surface area contributed by atoms with Gasteiger partial charge in [-0.15, -0.1) is 0 Å². The van der Waals surface area contributed by atoms with Crippen LogP contribution in [-0.4, -0.2) is 70.7 Å². The van der Waals surface area contributed by atoms with Crippen LogP contribution in [0.2, 0.25) is 0 Å². The highest BCUT2D eigenvalue weighted by molar-refractivity contribution is 7.45. The largest absolute Gasteiger partial charge is 0.756 e. The molecule has 0 saturated carbocycles. The van der Waals surface area contributed by atoms with Crippen molar-refractivity contribution in [3.05, 3.63) is 97.2 Å². The van der Waals surface area contributed by atoms with Crippen LogP contribution in [0.5, 0.6) is 0 Å². The van der Waals surface area contributed by atoms with E-state index in [1.54, 1.807) is 0 Å². The first-order valence-corrected chi connectivity index (χ1v) is 24.4. The van der Waals surface area contributed by atoms with Crippen molar-refractivity contribution < 1.29 is 37.3 Å². The molecule has 2 unspecified atom stereocenters. The van der Waals surface area contributed by atoms with Crippen molar-refractivity contribution >= 4 is 13.8 Å². The third-order valence-electron chi connectivity index (χ3n) is 9.13. The molecule has 0 aromatic rings. The lowest BCUT2D eigenvalue weighted by atomic mass is 10.1. The molecule has 2 atom stereocenters. The Morgan fingerprint density at radius 3 is 1.39 bits per heavy atom. The fraction of sp³-hybridized carbons (Fsp3) is 0.660. The first kappa shape index (κ1) is 56.4. The van der Waals surface area contributed by atoms with E-state index in [0.717, 1.165) is 96.3 Å². The number of esters is 1. The Morgan fingerprint density at radius 1 is 0.525 bits per heavy atom. The Kier molecular flexibility index (Phi) is 40.3. The smallest absolute Gasteiger partial charge is 0.306 e. The van der Waals surface area contributed by atoms with Gasteiger partial charge in [0.25, 0.3) is 7.82 Å². The molecular weight excluding hydrogens is 758 g/mol. The molecular formula is C50H86NO7P. The third kappa shape index (κ3) is 46.3. The maximum absolute atomic E-state index is 12.7. The van der Waals surface area contributed by atoms with Crippen LogP contribution in [0.15, 0.2) is 97.2 Å². The van der Waals surface area contributed by atoms with Crippen LogP contribution in [-0.2, 0) is 27.9 Å². The Bertz CT molecular complexity index is 1260. The first-order valence-electron chi connectivity index (χ1n) is 23.0. The monoisotopic (exact) mass is 844 g/mol. The fourth-order valence-corrected chi connectivity index (χ4v) is 6.37. The summed E-state index contributed by atoms with van der Waals surface area (Å²) in [4.78, 5) is 25.0. The number of allylic oxidation sites excluding steroid dienone is 16. The molecule has 9 heteroatoms. The molecule has 0 fully saturated rings. The molecule has 0 saturated heterocycles. The summed E-state index contributed by atoms with van der Waals surface area (Å²) in [7, 11) is 1.31. The van der Waals surface area contributed by atoms with Crippen molar-refractivity contribution in [3.63, 3.8) is 0 Å². The van der Waals surface area contributed by atoms with Crippen molar-refractivity contribution in [3.8, 4) is 0 Å². The summed E-state index contributed by atoms with van der Waals surface area (Å²) in [5.74, 6) is -0.371. The summed E-state index contributed by atoms with van der Waals surface area (Å²) in [6, 6.07) is 0. The maximum atomic E-state index is 12.7. The molecule has 0 spiro atoms. The summed E-state index contributed by atoms with van der Waals surface area (Å²) in [6.45, 7) is 5.09. The van der Waals surface area contributed by atoms with Gasteiger partial charge in [0.1, 0.15) is 19.3 Å². The maximum Gasteiger partial charge on any atom is 0.306 e. The molecule has 59 heavy (non-hydrogen) atoms. The second-order valence-electron chi connectivity index (χ2n) is 16.0. The number of hydrogen-bond donors (Lipinski definition) is 0. The number of unbranched alkanes of at least 4 members (excludes halogenated alkanes) is 11. The topological polar surface area (TPSA) is 94.1 Å². The zero-order valence-electron chi connectivity index (χ0n) is 38.2. The molecule has 0 aliphatic carbocycles. The van der Waals surface area contributed by atoms with Gasteiger partial charge in [-0.05, 0) is 89.9 Å². The van der Waals surface area contributed by atoms with E-state index >= 15 is 0 Å². The van der Waals surface area contributed by atoms with Gasteiger partial charge in [0, 0.05) is 13.0 Å². The Labute approximate surface area is 362 Å². The van der Waals surface area contributed by atoms with Crippen LogP contribution in [0.1, 0.15) is 155 Å². The van der Waals surface area contributed by atoms with Crippen LogP contribution in [0.3, 0.4) is 0 Å². The molecule has 0 aromatic heterocycles. The molecule has 0 amide bonds. The molecule has 0 rings (SSSR count). The van der Waals surface area contributed by atoms with Gasteiger partial charge in [0.15, 0.2) is 0 Å². The lowest BCUT2D eigenvalue weighted by Gasteiger charge is -2.28. The van der Waals surface area contributed by atoms with E-state index in [2.05, 4.69) is 111 Å². The number of ether oxygens (including phenoxy) is 2. The average Bonchev–Trinajstić information content (AvgIpc) is 3.19. The summed E-state index contributed by atoms with van der Waals surface area (Å²) >= 11 is 0. The third-order valence-corrected chi connectivity index (χ3v) is 10.1. The summed E-state index contributed by atoms with van der Waals surface area (Å²) in [5, 5.41) is 0. The van der Waals surface area contributed by atoms with Crippen LogP contribution in [0, 0.1) is 0 Å². The van der Waals surface area contributed by atoms with E-state index in [-0.39, 0.29) is 32.2 Å². The van der Waals surface area contributed by atoms with E-state index in [1.807, 2.05) is 21.1 Å². The summed E-state index contributed by atoms with van der Waals surface area (Å²) in [5.41, 5.74) is 0. The number of likely N-dealkylation sites (N-methyl/N-ethyl adjacent to an activating group) is 1. The molecule has 0 N–H and O–H groups in total. The van der Waals surface area contributed by atoms with Crippen molar-refractivity contribution in [2.24, 2.45) is 0 Å². The SMILES string of the molecule is CC/C=C\C/C=C\C/C=C\C/C=C\C/C=C\CCCCCCCCCCOCC(COP(=O)([O-])OCC[N+](C)(C)C)OC(=O)CCCCC/C=C\C/C=C\C/C=C\CC. The number of nitrogens with zero attached hydrogens (tertiary/aromatic N) is 1. The standard InChI is InChI=1S/C50H86NO7P/c1-6-8-10-12-14-16-18-20-21-22-23-24-25-26-27-28-29-30-32-34-36-38-40-42-45-55-47-49(48-57-59(53,54)56-46-44-51(3,4)5)58-50(52)43-41-39-37-35-33-31-19-17-15-13-11-9-7-2/h8-11,14-17,20-21,23-24,26-27,31,33,49H,6-7,12-13,18-19,22,25,28-30,32,34-48H2,1-5H3/b10-8-,11-9-,16-14-,17-15-,21-20-,24-23-,27-26-,33-31-. The van der Waals surface area contributed by atoms with E-state index < -0.39 is 13.9 Å². The van der Waals surface area contributed by atoms with Gasteiger partial charge in [0.05, 0.1) is 34.4 Å². The second kappa shape index (κ2) is 42.1. The number of quaternary nitrogens is 1. The van der Waals surface area contributed by atoms with Gasteiger partial charge in [-0.1, -0.05) is 156 Å². The predicted molar refractivity (Wildman–Crippen MR) is 249 cm³/mol. The molecule has 338 valence electrons. The first-order chi connectivity index (χ1) is 28.6. The average molecular weight is 844 g/mol. The van der Waals surface area contributed by atoms with E-state index in [0.29, 0.717) is 24.1 Å². The number of hydrogen-bond acceptors (Lipinski definition) is 7. The summed E-state index contributed by atoms with van der Waals surface area (Å²) in [6.07, 6.45) is 57.2. The Hall–Kier alpha value is -2.58. The van der Waals surface area contributed by atoms with E-state index in [4.69, 9.17) is 18.5 Å². The molecule has 0 bridgehead atoms. The minimum Gasteiger partial charge on any atom is -0.756 e.